The third-order valence-electron chi connectivity index (χ3n) is 12.6. The van der Waals surface area contributed by atoms with E-state index in [0.29, 0.717) is 31.6 Å². The molecule has 300 valence electrons. The number of rotatable bonds is 22. The molecule has 8 heteroatoms. The molecule has 0 spiro atoms. The van der Waals surface area contributed by atoms with Gasteiger partial charge in [0.15, 0.2) is 0 Å². The first-order valence-corrected chi connectivity index (χ1v) is 21.2. The molecule has 1 aliphatic heterocycles. The summed E-state index contributed by atoms with van der Waals surface area (Å²) in [5, 5.41) is 3.20. The molecule has 3 aromatic rings. The number of nitrogens with zero attached hydrogens (tertiary/aromatic N) is 1. The Bertz CT molecular complexity index is 1630. The Morgan fingerprint density at radius 3 is 1.84 bits per heavy atom. The summed E-state index contributed by atoms with van der Waals surface area (Å²) in [7, 11) is 0. The van der Waals surface area contributed by atoms with Gasteiger partial charge in [-0.3, -0.25) is 9.59 Å². The van der Waals surface area contributed by atoms with Crippen LogP contribution < -0.4 is 5.32 Å². The van der Waals surface area contributed by atoms with Gasteiger partial charge in [-0.1, -0.05) is 97.1 Å². The molecule has 2 amide bonds. The lowest BCUT2D eigenvalue weighted by atomic mass is 9.50. The van der Waals surface area contributed by atoms with E-state index in [1.165, 1.54) is 38.5 Å². The number of carbonyl (C=O) groups is 2. The van der Waals surface area contributed by atoms with Crippen molar-refractivity contribution >= 4 is 11.8 Å². The highest BCUT2D eigenvalue weighted by Crippen LogP contribution is 2.60. The van der Waals surface area contributed by atoms with Gasteiger partial charge in [0.2, 0.25) is 11.8 Å². The van der Waals surface area contributed by atoms with E-state index in [0.717, 1.165) is 66.9 Å². The number of likely N-dealkylation sites (tertiary alicyclic amines) is 1. The van der Waals surface area contributed by atoms with Gasteiger partial charge in [0, 0.05) is 19.6 Å². The molecule has 5 fully saturated rings. The van der Waals surface area contributed by atoms with Gasteiger partial charge in [0.25, 0.3) is 0 Å². The summed E-state index contributed by atoms with van der Waals surface area (Å²) in [5.41, 5.74) is 3.44. The summed E-state index contributed by atoms with van der Waals surface area (Å²) >= 11 is 0. The van der Waals surface area contributed by atoms with Crippen LogP contribution in [-0.2, 0) is 48.4 Å². The van der Waals surface area contributed by atoms with Crippen molar-refractivity contribution < 1.29 is 28.5 Å². The Morgan fingerprint density at radius 2 is 1.27 bits per heavy atom. The van der Waals surface area contributed by atoms with Crippen LogP contribution in [0.5, 0.6) is 0 Å². The molecule has 4 aliphatic carbocycles. The number of ether oxygens (including phenoxy) is 4. The summed E-state index contributed by atoms with van der Waals surface area (Å²) in [5.74, 6) is 2.44. The molecular formula is C48H62N2O6. The molecule has 8 rings (SSSR count). The Hall–Kier alpha value is -3.82. The number of nitrogens with one attached hydrogen (secondary N) is 1. The number of hydrogen-bond acceptors (Lipinski definition) is 6. The summed E-state index contributed by atoms with van der Waals surface area (Å²) < 4.78 is 26.1. The van der Waals surface area contributed by atoms with Gasteiger partial charge in [0.05, 0.1) is 39.1 Å². The zero-order valence-electron chi connectivity index (χ0n) is 33.1. The molecular weight excluding hydrogens is 701 g/mol. The van der Waals surface area contributed by atoms with Crippen molar-refractivity contribution in [1.29, 1.82) is 0 Å². The Kier molecular flexibility index (Phi) is 14.5. The zero-order chi connectivity index (χ0) is 38.6. The monoisotopic (exact) mass is 762 g/mol. The van der Waals surface area contributed by atoms with Crippen molar-refractivity contribution in [3.63, 3.8) is 0 Å². The highest BCUT2D eigenvalue weighted by atomic mass is 16.5. The number of hydrogen-bond donors (Lipinski definition) is 1. The first kappa shape index (κ1) is 40.4. The number of benzene rings is 3. The fourth-order valence-electron chi connectivity index (χ4n) is 10.4. The molecule has 0 aromatic heterocycles. The Morgan fingerprint density at radius 1 is 0.714 bits per heavy atom. The van der Waals surface area contributed by atoms with E-state index < -0.39 is 24.3 Å². The van der Waals surface area contributed by atoms with Gasteiger partial charge >= 0.3 is 0 Å². The summed E-state index contributed by atoms with van der Waals surface area (Å²) in [6.45, 7) is 7.19. The SMILES string of the molecule is C=CCCC(=O)N1[C@@H](COCc2ccccc2)[C@H](OCc2ccccc2)[C@@H](OCc2ccccc2)[C@@H]1C(=O)NCCCCCOCC12CC3CC(CC(C3)C1)C2. The topological polar surface area (TPSA) is 86.3 Å². The van der Waals surface area contributed by atoms with Crippen molar-refractivity contribution in [3.05, 3.63) is 120 Å². The van der Waals surface area contributed by atoms with E-state index in [1.54, 1.807) is 11.0 Å². The molecule has 0 unspecified atom stereocenters. The lowest BCUT2D eigenvalue weighted by molar-refractivity contribution is -0.144. The zero-order valence-corrected chi connectivity index (χ0v) is 33.1. The van der Waals surface area contributed by atoms with Crippen LogP contribution in [0.2, 0.25) is 0 Å². The van der Waals surface area contributed by atoms with Crippen molar-refractivity contribution in [2.45, 2.75) is 115 Å². The number of unbranched alkanes of at least 4 members (excludes halogenated alkanes) is 2. The van der Waals surface area contributed by atoms with Crippen LogP contribution in [0.3, 0.4) is 0 Å². The highest BCUT2D eigenvalue weighted by molar-refractivity contribution is 5.89. The highest BCUT2D eigenvalue weighted by Gasteiger charge is 2.55. The van der Waals surface area contributed by atoms with Gasteiger partial charge in [-0.25, -0.2) is 0 Å². The van der Waals surface area contributed by atoms with Crippen molar-refractivity contribution in [1.82, 2.24) is 10.2 Å². The number of carbonyl (C=O) groups excluding carboxylic acids is 2. The van der Waals surface area contributed by atoms with E-state index in [9.17, 15) is 9.59 Å². The molecule has 3 aromatic carbocycles. The van der Waals surface area contributed by atoms with Crippen molar-refractivity contribution in [2.75, 3.05) is 26.4 Å². The van der Waals surface area contributed by atoms with E-state index in [4.69, 9.17) is 18.9 Å². The third-order valence-corrected chi connectivity index (χ3v) is 12.6. The molecule has 56 heavy (non-hydrogen) atoms. The second-order valence-corrected chi connectivity index (χ2v) is 17.0. The van der Waals surface area contributed by atoms with Gasteiger partial charge in [-0.2, -0.15) is 0 Å². The van der Waals surface area contributed by atoms with Crippen LogP contribution >= 0.6 is 0 Å². The van der Waals surface area contributed by atoms with E-state index in [-0.39, 0.29) is 31.4 Å². The fourth-order valence-corrected chi connectivity index (χ4v) is 10.4. The normalized spacial score (nSPS) is 27.7. The van der Waals surface area contributed by atoms with Crippen molar-refractivity contribution in [2.24, 2.45) is 23.2 Å². The second-order valence-electron chi connectivity index (χ2n) is 17.0. The third kappa shape index (κ3) is 10.6. The van der Waals surface area contributed by atoms with Gasteiger partial charge in [-0.05, 0) is 104 Å². The number of amides is 2. The Balaban J connectivity index is 1.02. The van der Waals surface area contributed by atoms with Gasteiger partial charge in [0.1, 0.15) is 18.2 Å². The minimum Gasteiger partial charge on any atom is -0.381 e. The average Bonchev–Trinajstić information content (AvgIpc) is 3.52. The molecule has 0 radical (unpaired) electrons. The van der Waals surface area contributed by atoms with Gasteiger partial charge < -0.3 is 29.2 Å². The van der Waals surface area contributed by atoms with Crippen LogP contribution in [0.4, 0.5) is 0 Å². The lowest BCUT2D eigenvalue weighted by Crippen LogP contribution is -2.53. The van der Waals surface area contributed by atoms with Crippen molar-refractivity contribution in [3.8, 4) is 0 Å². The minimum atomic E-state index is -0.897. The van der Waals surface area contributed by atoms with E-state index >= 15 is 0 Å². The maximum atomic E-state index is 14.4. The molecule has 8 nitrogen and oxygen atoms in total. The molecule has 4 atom stereocenters. The molecule has 1 N–H and O–H groups in total. The second kappa shape index (κ2) is 20.0. The molecule has 1 heterocycles. The average molecular weight is 763 g/mol. The minimum absolute atomic E-state index is 0.145. The molecule has 5 aliphatic rings. The van der Waals surface area contributed by atoms with E-state index in [2.05, 4.69) is 11.9 Å². The van der Waals surface area contributed by atoms with Gasteiger partial charge in [-0.15, -0.1) is 6.58 Å². The van der Waals surface area contributed by atoms with Crippen LogP contribution in [0.15, 0.2) is 104 Å². The summed E-state index contributed by atoms with van der Waals surface area (Å²) in [6.07, 6.45) is 12.3. The fraction of sp³-hybridized carbons (Fsp3) is 0.542. The van der Waals surface area contributed by atoms with Crippen LogP contribution in [0.25, 0.3) is 0 Å². The predicted molar refractivity (Wildman–Crippen MR) is 218 cm³/mol. The summed E-state index contributed by atoms with van der Waals surface area (Å²) in [6, 6.07) is 28.4. The Labute approximate surface area is 334 Å². The lowest BCUT2D eigenvalue weighted by Gasteiger charge is -2.56. The first-order valence-electron chi connectivity index (χ1n) is 21.2. The molecule has 1 saturated heterocycles. The smallest absolute Gasteiger partial charge is 0.245 e. The van der Waals surface area contributed by atoms with Crippen LogP contribution in [-0.4, -0.2) is 67.4 Å². The number of allylic oxidation sites excluding steroid dienone is 1. The first-order chi connectivity index (χ1) is 27.5. The maximum Gasteiger partial charge on any atom is 0.245 e. The quantitative estimate of drug-likeness (QED) is 0.0818. The predicted octanol–water partition coefficient (Wildman–Crippen LogP) is 8.44. The van der Waals surface area contributed by atoms with E-state index in [1.807, 2.05) is 91.0 Å². The molecule has 4 bridgehead atoms. The largest absolute Gasteiger partial charge is 0.381 e. The van der Waals surface area contributed by atoms with Crippen LogP contribution in [0.1, 0.15) is 87.3 Å². The summed E-state index contributed by atoms with van der Waals surface area (Å²) in [4.78, 5) is 30.3. The maximum absolute atomic E-state index is 14.4. The van der Waals surface area contributed by atoms with Crippen LogP contribution in [0, 0.1) is 23.2 Å². The standard InChI is InChI=1S/C48H62N2O6/c1-2-3-22-43(51)50-42(34-54-31-36-16-8-4-9-17-36)45(55-32-37-18-10-5-11-19-37)46(56-33-38-20-12-6-13-21-38)44(50)47(52)49-23-14-7-15-24-53-35-48-28-39-25-40(29-48)27-41(26-39)30-48/h2,4-6,8-13,16-21,39-42,44-46H,1,3,7,14-15,22-35H2,(H,49,52)/t39?,40?,41?,42-,44+,45-,46-,48?/m0/s1. The molecule has 4 saturated carbocycles.